The maximum atomic E-state index is 13.6. The molecule has 5 aliphatic carbocycles. The van der Waals surface area contributed by atoms with Crippen LogP contribution in [0, 0.1) is 34.0 Å². The van der Waals surface area contributed by atoms with Crippen molar-refractivity contribution in [2.45, 2.75) is 70.3 Å². The highest BCUT2D eigenvalue weighted by Crippen LogP contribution is 2.73. The molecular formula is C23H29ClO5. The highest BCUT2D eigenvalue weighted by molar-refractivity contribution is 6.29. The molecule has 29 heavy (non-hydrogen) atoms. The van der Waals surface area contributed by atoms with E-state index in [1.165, 1.54) is 0 Å². The van der Waals surface area contributed by atoms with Gasteiger partial charge in [-0.1, -0.05) is 19.9 Å². The molecule has 2 unspecified atom stereocenters. The third kappa shape index (κ3) is 2.26. The van der Waals surface area contributed by atoms with Gasteiger partial charge >= 0.3 is 11.9 Å². The first-order chi connectivity index (χ1) is 13.7. The standard InChI is InChI=1S/C23H29ClO5/c1-12-14-5-8-23(18(12)25)16(9-14)22-7-4-6-21(3,11-28-20(22)27)15(22)10-17(23)29-19(26)13(2)24/h13-17H,1,4-11H2,2-3H3/t13-,14+,15?,16?,17-,21+,22+,23-/m1/s1. The van der Waals surface area contributed by atoms with Crippen LogP contribution in [0.3, 0.4) is 0 Å². The van der Waals surface area contributed by atoms with E-state index in [9.17, 15) is 14.4 Å². The Morgan fingerprint density at radius 1 is 1.21 bits per heavy atom. The molecule has 0 radical (unpaired) electrons. The molecule has 5 nitrogen and oxygen atoms in total. The summed E-state index contributed by atoms with van der Waals surface area (Å²) in [5.41, 5.74) is -0.999. The molecule has 0 amide bonds. The van der Waals surface area contributed by atoms with Crippen molar-refractivity contribution in [3.05, 3.63) is 12.2 Å². The molecule has 158 valence electrons. The van der Waals surface area contributed by atoms with Crippen LogP contribution < -0.4 is 0 Å². The normalized spacial score (nSPS) is 49.0. The van der Waals surface area contributed by atoms with Crippen molar-refractivity contribution < 1.29 is 23.9 Å². The number of alkyl halides is 1. The lowest BCUT2D eigenvalue weighted by atomic mass is 9.35. The van der Waals surface area contributed by atoms with Crippen molar-refractivity contribution in [2.24, 2.45) is 34.0 Å². The van der Waals surface area contributed by atoms with E-state index in [1.807, 2.05) is 0 Å². The quantitative estimate of drug-likeness (QED) is 0.386. The summed E-state index contributed by atoms with van der Waals surface area (Å²) < 4.78 is 11.7. The van der Waals surface area contributed by atoms with Gasteiger partial charge in [0.25, 0.3) is 0 Å². The van der Waals surface area contributed by atoms with Crippen molar-refractivity contribution in [3.63, 3.8) is 0 Å². The molecule has 1 heterocycles. The molecule has 6 fully saturated rings. The average molecular weight is 421 g/mol. The third-order valence-electron chi connectivity index (χ3n) is 9.20. The molecule has 4 bridgehead atoms. The second-order valence-electron chi connectivity index (χ2n) is 10.4. The number of ketones is 1. The Hall–Kier alpha value is -1.36. The summed E-state index contributed by atoms with van der Waals surface area (Å²) in [4.78, 5) is 39.5. The molecule has 8 atom stereocenters. The summed E-state index contributed by atoms with van der Waals surface area (Å²) in [5.74, 6) is -0.589. The number of cyclic esters (lactones) is 1. The number of allylic oxidation sites excluding steroid dienone is 1. The summed E-state index contributed by atoms with van der Waals surface area (Å²) in [7, 11) is 0. The number of esters is 2. The van der Waals surface area contributed by atoms with Gasteiger partial charge < -0.3 is 9.47 Å². The Kier molecular flexibility index (Phi) is 4.11. The first-order valence-electron chi connectivity index (χ1n) is 10.9. The van der Waals surface area contributed by atoms with Crippen LogP contribution in [0.5, 0.6) is 0 Å². The highest BCUT2D eigenvalue weighted by atomic mass is 35.5. The van der Waals surface area contributed by atoms with Gasteiger partial charge in [-0.3, -0.25) is 14.4 Å². The average Bonchev–Trinajstić information content (AvgIpc) is 2.69. The predicted molar refractivity (Wildman–Crippen MR) is 106 cm³/mol. The summed E-state index contributed by atoms with van der Waals surface area (Å²) >= 11 is 6.02. The number of halogens is 1. The number of rotatable bonds is 2. The van der Waals surface area contributed by atoms with Crippen molar-refractivity contribution >= 4 is 29.3 Å². The first kappa shape index (κ1) is 19.6. The largest absolute Gasteiger partial charge is 0.465 e. The fourth-order valence-corrected chi connectivity index (χ4v) is 7.93. The molecule has 0 aromatic rings. The smallest absolute Gasteiger partial charge is 0.324 e. The number of hydrogen-bond acceptors (Lipinski definition) is 5. The van der Waals surface area contributed by atoms with Gasteiger partial charge in [0.1, 0.15) is 11.5 Å². The number of carbonyl (C=O) groups is 3. The fourth-order valence-electron chi connectivity index (χ4n) is 7.88. The summed E-state index contributed by atoms with van der Waals surface area (Å²) in [6, 6.07) is 0. The molecule has 1 aliphatic heterocycles. The number of fused-ring (bicyclic) bond motifs is 2. The van der Waals surface area contributed by atoms with Gasteiger partial charge in [-0.25, -0.2) is 0 Å². The lowest BCUT2D eigenvalue weighted by Crippen LogP contribution is -2.73. The first-order valence-corrected chi connectivity index (χ1v) is 11.4. The van der Waals surface area contributed by atoms with Crippen LogP contribution in [0.15, 0.2) is 12.2 Å². The molecular weight excluding hydrogens is 392 g/mol. The lowest BCUT2D eigenvalue weighted by molar-refractivity contribution is -0.257. The molecule has 1 saturated heterocycles. The Bertz CT molecular complexity index is 820. The molecule has 6 rings (SSSR count). The third-order valence-corrected chi connectivity index (χ3v) is 9.38. The molecule has 0 aromatic heterocycles. The number of Topliss-reactive ketones (excluding diaryl/α,β-unsaturated/α-hetero) is 1. The zero-order chi connectivity index (χ0) is 20.8. The topological polar surface area (TPSA) is 69.7 Å². The number of hydrogen-bond donors (Lipinski definition) is 0. The second-order valence-corrected chi connectivity index (χ2v) is 11.0. The summed E-state index contributed by atoms with van der Waals surface area (Å²) in [6.45, 7) is 8.29. The predicted octanol–water partition coefficient (Wildman–Crippen LogP) is 3.82. The Labute approximate surface area is 176 Å². The van der Waals surface area contributed by atoms with Crippen LogP contribution in [0.2, 0.25) is 0 Å². The van der Waals surface area contributed by atoms with E-state index in [4.69, 9.17) is 21.1 Å². The van der Waals surface area contributed by atoms with Crippen LogP contribution >= 0.6 is 11.6 Å². The van der Waals surface area contributed by atoms with Crippen LogP contribution in [-0.4, -0.2) is 35.8 Å². The Morgan fingerprint density at radius 2 is 1.97 bits per heavy atom. The molecule has 1 spiro atoms. The minimum Gasteiger partial charge on any atom is -0.465 e. The Morgan fingerprint density at radius 3 is 2.69 bits per heavy atom. The van der Waals surface area contributed by atoms with Crippen molar-refractivity contribution in [1.82, 2.24) is 0 Å². The Balaban J connectivity index is 1.67. The van der Waals surface area contributed by atoms with Gasteiger partial charge in [0.2, 0.25) is 0 Å². The maximum absolute atomic E-state index is 13.6. The van der Waals surface area contributed by atoms with Crippen molar-refractivity contribution in [1.29, 1.82) is 0 Å². The molecule has 0 aromatic carbocycles. The fraction of sp³-hybridized carbons (Fsp3) is 0.783. The number of carbonyl (C=O) groups excluding carboxylic acids is 3. The van der Waals surface area contributed by atoms with E-state index in [0.29, 0.717) is 25.0 Å². The van der Waals surface area contributed by atoms with Crippen LogP contribution in [0.25, 0.3) is 0 Å². The molecule has 0 N–H and O–H groups in total. The zero-order valence-electron chi connectivity index (χ0n) is 17.2. The van der Waals surface area contributed by atoms with E-state index in [1.54, 1.807) is 6.92 Å². The van der Waals surface area contributed by atoms with Gasteiger partial charge in [-0.2, -0.15) is 0 Å². The SMILES string of the molecule is C=C1C(=O)[C@]23CC[C@H]1CC2[C@@]12CCC[C@@](C)(COC1=O)C2C[C@H]3OC(=O)[C@@H](C)Cl. The minimum atomic E-state index is -0.863. The van der Waals surface area contributed by atoms with E-state index in [2.05, 4.69) is 13.5 Å². The van der Waals surface area contributed by atoms with Gasteiger partial charge in [-0.05, 0) is 68.8 Å². The van der Waals surface area contributed by atoms with E-state index >= 15 is 0 Å². The maximum Gasteiger partial charge on any atom is 0.324 e. The molecule has 5 saturated carbocycles. The van der Waals surface area contributed by atoms with E-state index < -0.39 is 28.3 Å². The van der Waals surface area contributed by atoms with Gasteiger partial charge in [0.05, 0.1) is 17.4 Å². The van der Waals surface area contributed by atoms with Gasteiger partial charge in [0, 0.05) is 5.41 Å². The van der Waals surface area contributed by atoms with Gasteiger partial charge in [-0.15, -0.1) is 11.6 Å². The highest BCUT2D eigenvalue weighted by Gasteiger charge is 2.76. The monoisotopic (exact) mass is 420 g/mol. The van der Waals surface area contributed by atoms with Gasteiger partial charge in [0.15, 0.2) is 5.78 Å². The summed E-state index contributed by atoms with van der Waals surface area (Å²) in [6.07, 6.45) is 4.97. The van der Waals surface area contributed by atoms with Crippen LogP contribution in [0.1, 0.15) is 58.8 Å². The lowest BCUT2D eigenvalue weighted by Gasteiger charge is -2.69. The number of ether oxygens (including phenoxy) is 2. The van der Waals surface area contributed by atoms with Crippen molar-refractivity contribution in [2.75, 3.05) is 6.61 Å². The van der Waals surface area contributed by atoms with E-state index in [-0.39, 0.29) is 34.9 Å². The van der Waals surface area contributed by atoms with Crippen LogP contribution in [0.4, 0.5) is 0 Å². The molecule has 6 aliphatic rings. The zero-order valence-corrected chi connectivity index (χ0v) is 17.9. The van der Waals surface area contributed by atoms with Crippen LogP contribution in [-0.2, 0) is 23.9 Å². The second kappa shape index (κ2) is 6.09. The van der Waals surface area contributed by atoms with Crippen molar-refractivity contribution in [3.8, 4) is 0 Å². The summed E-state index contributed by atoms with van der Waals surface area (Å²) in [5, 5.41) is -0.773. The molecule has 6 heteroatoms. The minimum absolute atomic E-state index is 0.00324. The van der Waals surface area contributed by atoms with E-state index in [0.717, 1.165) is 32.1 Å².